The van der Waals surface area contributed by atoms with E-state index in [1.807, 2.05) is 32.9 Å². The van der Waals surface area contributed by atoms with Crippen molar-refractivity contribution in [1.29, 1.82) is 0 Å². The number of sulfonamides is 1. The molecule has 0 fully saturated rings. The molecule has 5 heteroatoms. The van der Waals surface area contributed by atoms with E-state index in [1.54, 1.807) is 0 Å². The van der Waals surface area contributed by atoms with Crippen LogP contribution in [0, 0.1) is 26.7 Å². The van der Waals surface area contributed by atoms with Gasteiger partial charge in [-0.15, -0.1) is 0 Å². The van der Waals surface area contributed by atoms with E-state index >= 15 is 0 Å². The van der Waals surface area contributed by atoms with Crippen LogP contribution in [0.4, 0.5) is 0 Å². The number of rotatable bonds is 6. The Bertz CT molecular complexity index is 542. The van der Waals surface area contributed by atoms with Gasteiger partial charge in [0.1, 0.15) is 0 Å². The van der Waals surface area contributed by atoms with Crippen LogP contribution in [-0.2, 0) is 10.0 Å². The second-order valence-corrected chi connectivity index (χ2v) is 7.80. The summed E-state index contributed by atoms with van der Waals surface area (Å²) in [5.74, 6) is 0.306. The zero-order chi connectivity index (χ0) is 15.5. The first kappa shape index (κ1) is 17.1. The Morgan fingerprint density at radius 2 is 1.65 bits per heavy atom. The maximum absolute atomic E-state index is 12.5. The number of hydrogen-bond donors (Lipinski definition) is 2. The Balaban J connectivity index is 2.90. The van der Waals surface area contributed by atoms with Crippen LogP contribution < -0.4 is 9.62 Å². The third-order valence-corrected chi connectivity index (χ3v) is 4.98. The first-order valence-corrected chi connectivity index (χ1v) is 8.48. The quantitative estimate of drug-likeness (QED) is 0.811. The smallest absolute Gasteiger partial charge is 0.241 e. The second-order valence-electron chi connectivity index (χ2n) is 6.10. The summed E-state index contributed by atoms with van der Waals surface area (Å²) in [6.07, 6.45) is 0. The van der Waals surface area contributed by atoms with Gasteiger partial charge in [-0.1, -0.05) is 24.6 Å². The zero-order valence-electron chi connectivity index (χ0n) is 13.4. The lowest BCUT2D eigenvalue weighted by molar-refractivity contribution is -0.861. The fourth-order valence-corrected chi connectivity index (χ4v) is 4.30. The molecule has 1 aromatic rings. The fraction of sp³-hybridized carbons (Fsp3) is 0.600. The first-order valence-electron chi connectivity index (χ1n) is 7.00. The van der Waals surface area contributed by atoms with Crippen molar-refractivity contribution in [2.75, 3.05) is 27.2 Å². The molecule has 0 aliphatic heterocycles. The average Bonchev–Trinajstić information content (AvgIpc) is 2.23. The molecule has 114 valence electrons. The first-order chi connectivity index (χ1) is 9.13. The maximum atomic E-state index is 12.5. The van der Waals surface area contributed by atoms with Crippen molar-refractivity contribution in [2.45, 2.75) is 32.6 Å². The average molecular weight is 299 g/mol. The molecule has 0 amide bonds. The summed E-state index contributed by atoms with van der Waals surface area (Å²) in [5, 5.41) is 0. The summed E-state index contributed by atoms with van der Waals surface area (Å²) >= 11 is 0. The molecule has 1 aromatic carbocycles. The second kappa shape index (κ2) is 6.70. The lowest BCUT2D eigenvalue weighted by atomic mass is 10.1. The van der Waals surface area contributed by atoms with Gasteiger partial charge in [-0.05, 0) is 31.9 Å². The van der Waals surface area contributed by atoms with Gasteiger partial charge in [0, 0.05) is 12.5 Å². The summed E-state index contributed by atoms with van der Waals surface area (Å²) in [7, 11) is 0.709. The lowest BCUT2D eigenvalue weighted by Crippen LogP contribution is -3.06. The Morgan fingerprint density at radius 3 is 2.10 bits per heavy atom. The van der Waals surface area contributed by atoms with E-state index in [-0.39, 0.29) is 0 Å². The van der Waals surface area contributed by atoms with E-state index in [2.05, 4.69) is 25.7 Å². The highest BCUT2D eigenvalue weighted by Gasteiger charge is 2.20. The molecule has 4 nitrogen and oxygen atoms in total. The van der Waals surface area contributed by atoms with Gasteiger partial charge in [0.2, 0.25) is 10.0 Å². The molecule has 0 saturated carbocycles. The van der Waals surface area contributed by atoms with Crippen molar-refractivity contribution < 1.29 is 13.3 Å². The zero-order valence-corrected chi connectivity index (χ0v) is 14.2. The van der Waals surface area contributed by atoms with Crippen molar-refractivity contribution in [2.24, 2.45) is 5.92 Å². The molecule has 0 aromatic heterocycles. The van der Waals surface area contributed by atoms with Gasteiger partial charge in [0.25, 0.3) is 0 Å². The Labute approximate surface area is 123 Å². The molecule has 0 unspecified atom stereocenters. The van der Waals surface area contributed by atoms with Crippen LogP contribution in [-0.4, -0.2) is 35.6 Å². The van der Waals surface area contributed by atoms with Crippen LogP contribution in [0.2, 0.25) is 0 Å². The third kappa shape index (κ3) is 4.58. The topological polar surface area (TPSA) is 50.6 Å². The van der Waals surface area contributed by atoms with Crippen LogP contribution in [0.5, 0.6) is 0 Å². The van der Waals surface area contributed by atoms with Gasteiger partial charge in [0.05, 0.1) is 25.5 Å². The number of aryl methyl sites for hydroxylation is 3. The van der Waals surface area contributed by atoms with Gasteiger partial charge in [-0.3, -0.25) is 0 Å². The van der Waals surface area contributed by atoms with Crippen molar-refractivity contribution in [3.05, 3.63) is 28.8 Å². The van der Waals surface area contributed by atoms with Crippen molar-refractivity contribution in [1.82, 2.24) is 4.72 Å². The van der Waals surface area contributed by atoms with Gasteiger partial charge in [-0.25, -0.2) is 13.1 Å². The Morgan fingerprint density at radius 1 is 1.15 bits per heavy atom. The fourth-order valence-electron chi connectivity index (χ4n) is 2.68. The molecule has 1 rings (SSSR count). The van der Waals surface area contributed by atoms with Gasteiger partial charge in [0.15, 0.2) is 0 Å². The van der Waals surface area contributed by atoms with Crippen LogP contribution in [0.15, 0.2) is 17.0 Å². The molecule has 0 aliphatic carbocycles. The minimum atomic E-state index is -3.43. The monoisotopic (exact) mass is 299 g/mol. The summed E-state index contributed by atoms with van der Waals surface area (Å²) < 4.78 is 27.7. The van der Waals surface area contributed by atoms with E-state index < -0.39 is 10.0 Å². The predicted octanol–water partition coefficient (Wildman–Crippen LogP) is 0.671. The van der Waals surface area contributed by atoms with Crippen molar-refractivity contribution in [3.63, 3.8) is 0 Å². The molecule has 20 heavy (non-hydrogen) atoms. The molecule has 0 bridgehead atoms. The Hall–Kier alpha value is -0.910. The molecule has 0 saturated heterocycles. The van der Waals surface area contributed by atoms with Crippen LogP contribution in [0.3, 0.4) is 0 Å². The minimum absolute atomic E-state index is 0.306. The predicted molar refractivity (Wildman–Crippen MR) is 82.7 cm³/mol. The van der Waals surface area contributed by atoms with Crippen LogP contribution in [0.1, 0.15) is 23.6 Å². The summed E-state index contributed by atoms with van der Waals surface area (Å²) in [6, 6.07) is 3.82. The van der Waals surface area contributed by atoms with Crippen LogP contribution >= 0.6 is 0 Å². The molecular weight excluding hydrogens is 272 g/mol. The highest BCUT2D eigenvalue weighted by Crippen LogP contribution is 2.21. The highest BCUT2D eigenvalue weighted by atomic mass is 32.2. The molecule has 0 heterocycles. The van der Waals surface area contributed by atoms with Gasteiger partial charge < -0.3 is 4.90 Å². The van der Waals surface area contributed by atoms with Gasteiger partial charge >= 0.3 is 0 Å². The van der Waals surface area contributed by atoms with E-state index in [0.717, 1.165) is 23.2 Å². The van der Waals surface area contributed by atoms with Gasteiger partial charge in [-0.2, -0.15) is 0 Å². The summed E-state index contributed by atoms with van der Waals surface area (Å²) in [5.41, 5.74) is 2.70. The maximum Gasteiger partial charge on any atom is 0.241 e. The van der Waals surface area contributed by atoms with E-state index in [4.69, 9.17) is 0 Å². The lowest BCUT2D eigenvalue weighted by Gasteiger charge is -2.17. The number of benzene rings is 1. The molecule has 2 N–H and O–H groups in total. The van der Waals surface area contributed by atoms with Crippen LogP contribution in [0.25, 0.3) is 0 Å². The molecule has 0 aliphatic rings. The van der Waals surface area contributed by atoms with E-state index in [0.29, 0.717) is 17.4 Å². The van der Waals surface area contributed by atoms with Crippen molar-refractivity contribution >= 4 is 10.0 Å². The summed E-state index contributed by atoms with van der Waals surface area (Å²) in [4.78, 5) is 1.74. The molecular formula is C15H27N2O2S+. The number of hydrogen-bond acceptors (Lipinski definition) is 2. The summed E-state index contributed by atoms with van der Waals surface area (Å²) in [6.45, 7) is 9.15. The standard InChI is InChI=1S/C15H26N2O2S/c1-11-7-13(3)15(14(4)8-11)20(18,19)16-9-12(2)10-17(5)6/h7-8,12,16H,9-10H2,1-6H3/p+1/t12-/m0/s1. The van der Waals surface area contributed by atoms with E-state index in [9.17, 15) is 8.42 Å². The number of nitrogens with one attached hydrogen (secondary N) is 2. The molecule has 0 spiro atoms. The number of quaternary nitrogens is 1. The third-order valence-electron chi connectivity index (χ3n) is 3.25. The largest absolute Gasteiger partial charge is 0.340 e. The minimum Gasteiger partial charge on any atom is -0.340 e. The Kier molecular flexibility index (Phi) is 5.74. The van der Waals surface area contributed by atoms with E-state index in [1.165, 1.54) is 4.90 Å². The molecule has 1 atom stereocenters. The normalized spacial score (nSPS) is 13.8. The molecule has 0 radical (unpaired) electrons. The highest BCUT2D eigenvalue weighted by molar-refractivity contribution is 7.89. The SMILES string of the molecule is Cc1cc(C)c(S(=O)(=O)NC[C@H](C)C[NH+](C)C)c(C)c1. The van der Waals surface area contributed by atoms with Crippen molar-refractivity contribution in [3.8, 4) is 0 Å².